The van der Waals surface area contributed by atoms with E-state index in [2.05, 4.69) is 6.58 Å². The fraction of sp³-hybridized carbons (Fsp3) is 0.190. The Morgan fingerprint density at radius 2 is 1.76 bits per heavy atom. The Balaban J connectivity index is 2.04. The first-order chi connectivity index (χ1) is 12.0. The summed E-state index contributed by atoms with van der Waals surface area (Å²) in [5, 5.41) is 12.1. The second kappa shape index (κ2) is 8.73. The van der Waals surface area contributed by atoms with Crippen LogP contribution < -0.4 is 4.90 Å². The largest absolute Gasteiger partial charge is 0.618 e. The van der Waals surface area contributed by atoms with Gasteiger partial charge in [-0.2, -0.15) is 4.74 Å². The summed E-state index contributed by atoms with van der Waals surface area (Å²) in [4.78, 5) is 2.04. The second-order valence-electron chi connectivity index (χ2n) is 5.72. The number of ether oxygens (including phenoxy) is 1. The molecule has 130 valence electrons. The van der Waals surface area contributed by atoms with E-state index in [4.69, 9.17) is 4.74 Å². The molecule has 2 aromatic rings. The molecule has 25 heavy (non-hydrogen) atoms. The quantitative estimate of drug-likeness (QED) is 0.242. The van der Waals surface area contributed by atoms with Crippen molar-refractivity contribution in [3.05, 3.63) is 77.5 Å². The van der Waals surface area contributed by atoms with Gasteiger partial charge in [0.1, 0.15) is 5.76 Å². The van der Waals surface area contributed by atoms with Gasteiger partial charge < -0.3 is 14.8 Å². The molecule has 4 nitrogen and oxygen atoms in total. The molecule has 4 heteroatoms. The molecule has 2 aromatic carbocycles. The Morgan fingerprint density at radius 3 is 2.32 bits per heavy atom. The first-order valence-corrected chi connectivity index (χ1v) is 8.18. The Labute approximate surface area is 149 Å². The molecule has 0 bridgehead atoms. The molecular weight excluding hydrogens is 312 g/mol. The van der Waals surface area contributed by atoms with E-state index in [1.165, 1.54) is 6.21 Å². The van der Waals surface area contributed by atoms with Crippen LogP contribution >= 0.6 is 0 Å². The highest BCUT2D eigenvalue weighted by atomic mass is 16.5. The summed E-state index contributed by atoms with van der Waals surface area (Å²) < 4.78 is 6.19. The summed E-state index contributed by atoms with van der Waals surface area (Å²) >= 11 is 0. The van der Waals surface area contributed by atoms with Crippen molar-refractivity contribution in [2.45, 2.75) is 6.92 Å². The van der Waals surface area contributed by atoms with E-state index in [1.54, 1.807) is 18.2 Å². The van der Waals surface area contributed by atoms with Crippen LogP contribution in [0.1, 0.15) is 18.1 Å². The monoisotopic (exact) mass is 336 g/mol. The van der Waals surface area contributed by atoms with Crippen LogP contribution in [0.3, 0.4) is 0 Å². The van der Waals surface area contributed by atoms with Gasteiger partial charge in [0.05, 0.1) is 6.61 Å². The van der Waals surface area contributed by atoms with Crippen molar-refractivity contribution in [2.75, 3.05) is 25.6 Å². The zero-order chi connectivity index (χ0) is 18.2. The van der Waals surface area contributed by atoms with Crippen molar-refractivity contribution in [1.29, 1.82) is 0 Å². The van der Waals surface area contributed by atoms with E-state index in [0.717, 1.165) is 21.6 Å². The maximum atomic E-state index is 12.1. The predicted octanol–water partition coefficient (Wildman–Crippen LogP) is 4.69. The van der Waals surface area contributed by atoms with Crippen molar-refractivity contribution in [1.82, 2.24) is 0 Å². The van der Waals surface area contributed by atoms with Gasteiger partial charge in [0.2, 0.25) is 5.69 Å². The average Bonchev–Trinajstić information content (AvgIpc) is 2.62. The number of benzene rings is 2. The summed E-state index contributed by atoms with van der Waals surface area (Å²) in [5.74, 6) is 0.608. The average molecular weight is 336 g/mol. The Kier molecular flexibility index (Phi) is 6.40. The zero-order valence-corrected chi connectivity index (χ0v) is 15.0. The van der Waals surface area contributed by atoms with Gasteiger partial charge in [-0.15, -0.1) is 0 Å². The number of allylic oxidation sites excluding steroid dienone is 1. The smallest absolute Gasteiger partial charge is 0.216 e. The van der Waals surface area contributed by atoms with Crippen LogP contribution in [0.25, 0.3) is 11.8 Å². The minimum Gasteiger partial charge on any atom is -0.618 e. The molecule has 0 aliphatic rings. The second-order valence-corrected chi connectivity index (χ2v) is 5.72. The number of hydrogen-bond donors (Lipinski definition) is 0. The van der Waals surface area contributed by atoms with E-state index in [9.17, 15) is 5.21 Å². The lowest BCUT2D eigenvalue weighted by Gasteiger charge is -2.11. The van der Waals surface area contributed by atoms with Crippen LogP contribution in [-0.4, -0.2) is 31.7 Å². The van der Waals surface area contributed by atoms with Gasteiger partial charge in [-0.1, -0.05) is 18.7 Å². The van der Waals surface area contributed by atoms with Crippen molar-refractivity contribution in [3.8, 4) is 0 Å². The van der Waals surface area contributed by atoms with E-state index in [0.29, 0.717) is 18.1 Å². The molecule has 0 aliphatic heterocycles. The molecule has 0 amide bonds. The molecule has 0 N–H and O–H groups in total. The van der Waals surface area contributed by atoms with Crippen LogP contribution in [0.5, 0.6) is 0 Å². The molecule has 0 radical (unpaired) electrons. The van der Waals surface area contributed by atoms with Crippen LogP contribution in [0.2, 0.25) is 0 Å². The molecule has 0 spiro atoms. The predicted molar refractivity (Wildman–Crippen MR) is 106 cm³/mol. The fourth-order valence-corrected chi connectivity index (χ4v) is 2.25. The molecule has 2 rings (SSSR count). The summed E-state index contributed by atoms with van der Waals surface area (Å²) in [6, 6.07) is 15.3. The normalized spacial score (nSPS) is 11.6. The van der Waals surface area contributed by atoms with Gasteiger partial charge in [0.25, 0.3) is 0 Å². The van der Waals surface area contributed by atoms with E-state index < -0.39 is 0 Å². The van der Waals surface area contributed by atoms with Crippen LogP contribution in [-0.2, 0) is 4.74 Å². The third-order valence-electron chi connectivity index (χ3n) is 3.68. The lowest BCUT2D eigenvalue weighted by molar-refractivity contribution is -0.354. The first-order valence-electron chi connectivity index (χ1n) is 8.18. The van der Waals surface area contributed by atoms with Gasteiger partial charge in [-0.05, 0) is 42.8 Å². The molecule has 0 aliphatic carbocycles. The number of nitrogens with zero attached hydrogens (tertiary/aromatic N) is 2. The number of anilines is 1. The minimum absolute atomic E-state index is 0.556. The molecule has 0 atom stereocenters. The molecule has 0 aromatic heterocycles. The maximum absolute atomic E-state index is 12.1. The Hall–Kier alpha value is -3.01. The van der Waals surface area contributed by atoms with E-state index in [-0.39, 0.29) is 0 Å². The minimum atomic E-state index is 0.556. The summed E-state index contributed by atoms with van der Waals surface area (Å²) in [5.41, 5.74) is 3.61. The number of hydrogen-bond acceptors (Lipinski definition) is 3. The van der Waals surface area contributed by atoms with Gasteiger partial charge >= 0.3 is 0 Å². The standard InChI is InChI=1S/C21H24N2O2/c1-5-25-17(2)19-10-14-21(15-11-19)23(24)16-6-7-18-8-12-20(13-9-18)22(3)4/h6-16H,2,5H2,1,3-4H3/b7-6+,23-16-. The third kappa shape index (κ3) is 5.24. The summed E-state index contributed by atoms with van der Waals surface area (Å²) in [7, 11) is 4.01. The molecular formula is C21H24N2O2. The first kappa shape index (κ1) is 18.3. The third-order valence-corrected chi connectivity index (χ3v) is 3.68. The Bertz CT molecular complexity index is 757. The van der Waals surface area contributed by atoms with Gasteiger partial charge in [-0.25, -0.2) is 0 Å². The fourth-order valence-electron chi connectivity index (χ4n) is 2.25. The maximum Gasteiger partial charge on any atom is 0.216 e. The molecule has 0 saturated heterocycles. The van der Waals surface area contributed by atoms with Crippen molar-refractivity contribution >= 4 is 29.4 Å². The van der Waals surface area contributed by atoms with Gasteiger partial charge in [0.15, 0.2) is 6.21 Å². The zero-order valence-electron chi connectivity index (χ0n) is 15.0. The summed E-state index contributed by atoms with van der Waals surface area (Å²) in [6.45, 7) is 6.34. The van der Waals surface area contributed by atoms with Crippen molar-refractivity contribution in [2.24, 2.45) is 0 Å². The molecule has 0 saturated carbocycles. The lowest BCUT2D eigenvalue weighted by atomic mass is 10.2. The highest BCUT2D eigenvalue weighted by molar-refractivity contribution is 5.76. The lowest BCUT2D eigenvalue weighted by Crippen LogP contribution is -2.07. The van der Waals surface area contributed by atoms with E-state index >= 15 is 0 Å². The van der Waals surface area contributed by atoms with E-state index in [1.807, 2.05) is 68.4 Å². The SMILES string of the molecule is C=C(OCC)c1ccc(/[N+]([O-])=C/C=C/c2ccc(N(C)C)cc2)cc1. The van der Waals surface area contributed by atoms with Crippen molar-refractivity contribution in [3.63, 3.8) is 0 Å². The molecule has 0 heterocycles. The topological polar surface area (TPSA) is 38.5 Å². The summed E-state index contributed by atoms with van der Waals surface area (Å²) in [6.07, 6.45) is 5.13. The molecule has 0 fully saturated rings. The van der Waals surface area contributed by atoms with Crippen LogP contribution in [0.15, 0.2) is 61.2 Å². The van der Waals surface area contributed by atoms with Gasteiger partial charge in [-0.3, -0.25) is 0 Å². The van der Waals surface area contributed by atoms with Crippen molar-refractivity contribution < 1.29 is 9.48 Å². The van der Waals surface area contributed by atoms with Gasteiger partial charge in [0, 0.05) is 43.6 Å². The van der Waals surface area contributed by atoms with Crippen LogP contribution in [0.4, 0.5) is 11.4 Å². The van der Waals surface area contributed by atoms with Crippen LogP contribution in [0, 0.1) is 5.21 Å². The Morgan fingerprint density at radius 1 is 1.12 bits per heavy atom. The highest BCUT2D eigenvalue weighted by Crippen LogP contribution is 2.18. The molecule has 0 unspecified atom stereocenters. The highest BCUT2D eigenvalue weighted by Gasteiger charge is 2.03. The number of rotatable bonds is 7.